The van der Waals surface area contributed by atoms with Gasteiger partial charge in [0, 0.05) is 45.6 Å². The molecule has 1 saturated heterocycles. The molecule has 242 valence electrons. The van der Waals surface area contributed by atoms with Crippen molar-refractivity contribution < 1.29 is 59.1 Å². The molecule has 0 N–H and O–H groups in total. The van der Waals surface area contributed by atoms with Gasteiger partial charge in [-0.15, -0.1) is 0 Å². The van der Waals surface area contributed by atoms with Gasteiger partial charge in [0.2, 0.25) is 5.79 Å². The number of ether oxygens (including phenoxy) is 4. The van der Waals surface area contributed by atoms with Gasteiger partial charge >= 0.3 is 33.8 Å². The minimum Gasteiger partial charge on any atom is -0.452 e. The Morgan fingerprint density at radius 3 is 2.07 bits per heavy atom. The standard InChI is InChI=1S/C27H37F3N2O10S/c1-24(2,3)40-22(34)31-11-9-16(10-12-31)15-32(23(35)41-25(4,5)6)17-13-18-20(21(33)39-26(7,8)38-18)19(14-17)42-43(36,37)27(28,29)30/h13-14,16H,9-12,15H2,1-8H3. The molecule has 3 rings (SSSR count). The molecule has 0 saturated carbocycles. The Balaban J connectivity index is 2.02. The zero-order valence-corrected chi connectivity index (χ0v) is 26.1. The summed E-state index contributed by atoms with van der Waals surface area (Å²) in [5.74, 6) is -4.39. The summed E-state index contributed by atoms with van der Waals surface area (Å²) in [6.07, 6.45) is -0.510. The third kappa shape index (κ3) is 8.80. The van der Waals surface area contributed by atoms with E-state index in [2.05, 4.69) is 4.18 Å². The molecule has 2 heterocycles. The van der Waals surface area contributed by atoms with Crippen molar-refractivity contribution in [3.63, 3.8) is 0 Å². The number of hydrogen-bond acceptors (Lipinski definition) is 10. The summed E-state index contributed by atoms with van der Waals surface area (Å²) in [7, 11) is -6.23. The Kier molecular flexibility index (Phi) is 9.17. The van der Waals surface area contributed by atoms with Gasteiger partial charge in [-0.1, -0.05) is 0 Å². The number of carbonyl (C=O) groups excluding carboxylic acids is 3. The van der Waals surface area contributed by atoms with Gasteiger partial charge in [-0.3, -0.25) is 4.90 Å². The first-order chi connectivity index (χ1) is 19.4. The monoisotopic (exact) mass is 638 g/mol. The minimum absolute atomic E-state index is 0.0326. The van der Waals surface area contributed by atoms with Crippen molar-refractivity contribution in [2.45, 2.75) is 90.7 Å². The molecule has 16 heteroatoms. The lowest BCUT2D eigenvalue weighted by Gasteiger charge is -2.37. The number of halogens is 3. The number of alkyl halides is 3. The number of hydrogen-bond donors (Lipinski definition) is 0. The molecular weight excluding hydrogens is 601 g/mol. The van der Waals surface area contributed by atoms with Crippen molar-refractivity contribution in [1.29, 1.82) is 0 Å². The maximum Gasteiger partial charge on any atom is 0.534 e. The van der Waals surface area contributed by atoms with Crippen LogP contribution in [0.25, 0.3) is 0 Å². The van der Waals surface area contributed by atoms with Crippen LogP contribution in [0.4, 0.5) is 28.4 Å². The number of carbonyl (C=O) groups is 3. The lowest BCUT2D eigenvalue weighted by atomic mass is 9.96. The zero-order chi connectivity index (χ0) is 32.8. The van der Waals surface area contributed by atoms with Crippen LogP contribution in [-0.4, -0.2) is 73.6 Å². The first kappa shape index (κ1) is 34.1. The highest BCUT2D eigenvalue weighted by atomic mass is 32.2. The van der Waals surface area contributed by atoms with Crippen molar-refractivity contribution in [2.24, 2.45) is 5.92 Å². The highest BCUT2D eigenvalue weighted by molar-refractivity contribution is 7.88. The van der Waals surface area contributed by atoms with Crippen LogP contribution in [0.1, 0.15) is 78.6 Å². The predicted molar refractivity (Wildman–Crippen MR) is 146 cm³/mol. The first-order valence-electron chi connectivity index (χ1n) is 13.5. The second kappa shape index (κ2) is 11.6. The van der Waals surface area contributed by atoms with Gasteiger partial charge in [0.15, 0.2) is 5.75 Å². The topological polar surface area (TPSA) is 138 Å². The van der Waals surface area contributed by atoms with Gasteiger partial charge in [0.05, 0.1) is 5.69 Å². The van der Waals surface area contributed by atoms with E-state index in [4.69, 9.17) is 18.9 Å². The van der Waals surface area contributed by atoms with Crippen LogP contribution in [0.15, 0.2) is 12.1 Å². The van der Waals surface area contributed by atoms with Gasteiger partial charge in [-0.25, -0.2) is 14.4 Å². The zero-order valence-electron chi connectivity index (χ0n) is 25.3. The highest BCUT2D eigenvalue weighted by Crippen LogP contribution is 2.43. The van der Waals surface area contributed by atoms with Gasteiger partial charge < -0.3 is 28.0 Å². The lowest BCUT2D eigenvalue weighted by molar-refractivity contribution is -0.127. The van der Waals surface area contributed by atoms with E-state index >= 15 is 0 Å². The molecule has 12 nitrogen and oxygen atoms in total. The normalized spacial score (nSPS) is 17.7. The Bertz CT molecular complexity index is 1360. The van der Waals surface area contributed by atoms with E-state index in [0.717, 1.165) is 11.0 Å². The minimum atomic E-state index is -6.23. The van der Waals surface area contributed by atoms with Crippen molar-refractivity contribution in [1.82, 2.24) is 4.90 Å². The molecule has 0 unspecified atom stereocenters. The fraction of sp³-hybridized carbons (Fsp3) is 0.667. The van der Waals surface area contributed by atoms with Gasteiger partial charge in [-0.2, -0.15) is 21.6 Å². The van der Waals surface area contributed by atoms with Gasteiger partial charge in [0.25, 0.3) is 0 Å². The molecule has 0 bridgehead atoms. The smallest absolute Gasteiger partial charge is 0.452 e. The quantitative estimate of drug-likeness (QED) is 0.174. The van der Waals surface area contributed by atoms with Crippen LogP contribution in [0.2, 0.25) is 0 Å². The third-order valence-corrected chi connectivity index (χ3v) is 7.03. The van der Waals surface area contributed by atoms with Crippen molar-refractivity contribution in [3.05, 3.63) is 17.7 Å². The van der Waals surface area contributed by atoms with Crippen LogP contribution in [0.3, 0.4) is 0 Å². The number of likely N-dealkylation sites (tertiary alicyclic amines) is 1. The molecule has 1 aromatic carbocycles. The summed E-state index contributed by atoms with van der Waals surface area (Å²) in [5.41, 5.74) is -8.34. The predicted octanol–water partition coefficient (Wildman–Crippen LogP) is 5.59. The molecule has 0 radical (unpaired) electrons. The highest BCUT2D eigenvalue weighted by Gasteiger charge is 2.50. The van der Waals surface area contributed by atoms with E-state index in [9.17, 15) is 36.0 Å². The summed E-state index contributed by atoms with van der Waals surface area (Å²) >= 11 is 0. The van der Waals surface area contributed by atoms with Crippen LogP contribution < -0.4 is 13.8 Å². The van der Waals surface area contributed by atoms with Crippen LogP contribution in [0.5, 0.6) is 11.5 Å². The van der Waals surface area contributed by atoms with Gasteiger partial charge in [-0.05, 0) is 60.3 Å². The van der Waals surface area contributed by atoms with E-state index in [1.165, 1.54) is 24.8 Å². The second-order valence-corrected chi connectivity index (χ2v) is 14.2. The average Bonchev–Trinajstić information content (AvgIpc) is 2.78. The molecule has 2 aliphatic rings. The molecule has 2 amide bonds. The number of esters is 1. The molecule has 0 atom stereocenters. The lowest BCUT2D eigenvalue weighted by Crippen LogP contribution is -2.45. The summed E-state index contributed by atoms with van der Waals surface area (Å²) < 4.78 is 89.7. The fourth-order valence-electron chi connectivity index (χ4n) is 4.29. The number of amides is 2. The number of cyclic esters (lactones) is 1. The van der Waals surface area contributed by atoms with E-state index < -0.39 is 62.1 Å². The van der Waals surface area contributed by atoms with E-state index in [0.29, 0.717) is 25.9 Å². The molecule has 0 spiro atoms. The number of anilines is 1. The Morgan fingerprint density at radius 2 is 1.56 bits per heavy atom. The Hall–Kier alpha value is -3.43. The van der Waals surface area contributed by atoms with Crippen LogP contribution >= 0.6 is 0 Å². The molecular formula is C27H37F3N2O10S. The van der Waals surface area contributed by atoms with E-state index in [1.807, 2.05) is 0 Å². The van der Waals surface area contributed by atoms with Gasteiger partial charge in [0.1, 0.15) is 22.5 Å². The Labute approximate surface area is 248 Å². The van der Waals surface area contributed by atoms with Crippen molar-refractivity contribution >= 4 is 34.0 Å². The SMILES string of the molecule is CC(C)(C)OC(=O)N1CCC(CN(C(=O)OC(C)(C)C)c2cc3c(c(OS(=O)(=O)C(F)(F)F)c2)C(=O)OC(C)(C)O3)CC1. The largest absolute Gasteiger partial charge is 0.534 e. The molecule has 0 aromatic heterocycles. The summed E-state index contributed by atoms with van der Waals surface area (Å²) in [4.78, 5) is 41.3. The van der Waals surface area contributed by atoms with Crippen LogP contribution in [-0.2, 0) is 24.3 Å². The number of benzene rings is 1. The van der Waals surface area contributed by atoms with Crippen LogP contribution in [0, 0.1) is 5.92 Å². The number of rotatable bonds is 5. The van der Waals surface area contributed by atoms with E-state index in [-0.39, 0.29) is 23.9 Å². The third-order valence-electron chi connectivity index (χ3n) is 6.06. The maximum absolute atomic E-state index is 13.4. The van der Waals surface area contributed by atoms with Crippen molar-refractivity contribution in [2.75, 3.05) is 24.5 Å². The summed E-state index contributed by atoms with van der Waals surface area (Å²) in [5, 5.41) is 0. The number of piperidine rings is 1. The molecule has 1 aromatic rings. The first-order valence-corrected chi connectivity index (χ1v) is 14.9. The number of fused-ring (bicyclic) bond motifs is 1. The number of nitrogens with zero attached hydrogens (tertiary/aromatic N) is 2. The molecule has 1 fully saturated rings. The maximum atomic E-state index is 13.4. The van der Waals surface area contributed by atoms with Crippen molar-refractivity contribution in [3.8, 4) is 11.5 Å². The summed E-state index contributed by atoms with van der Waals surface area (Å²) in [6.45, 7) is 13.4. The average molecular weight is 639 g/mol. The van der Waals surface area contributed by atoms with E-state index in [1.54, 1.807) is 41.5 Å². The summed E-state index contributed by atoms with van der Waals surface area (Å²) in [6, 6.07) is 2.01. The molecule has 0 aliphatic carbocycles. The Morgan fingerprint density at radius 1 is 1.00 bits per heavy atom. The molecule has 43 heavy (non-hydrogen) atoms. The second-order valence-electron chi connectivity index (χ2n) is 12.7. The fourth-order valence-corrected chi connectivity index (χ4v) is 4.75. The molecule has 2 aliphatic heterocycles.